The fourth-order valence-corrected chi connectivity index (χ4v) is 10.1. The molecule has 0 radical (unpaired) electrons. The summed E-state index contributed by atoms with van der Waals surface area (Å²) in [5.41, 5.74) is -0.368. The Morgan fingerprint density at radius 3 is 2.00 bits per heavy atom. The van der Waals surface area contributed by atoms with E-state index in [2.05, 4.69) is 48.7 Å². The standard InChI is InChI=1S/C48H54N5O9P/c1-32(2)53(33(3)4)63(59-30-14-28-49)62-43-42-45(52-29-27-41(51-46(52)55)50-44(54)35-15-10-8-11-16-35)61-47(43,31-58-42)34(5)60-48(36-17-12-9-13-18-36,37-19-23-39(56-6)24-20-37)38-21-25-40(57-7)26-22-38/h8-13,15-27,29,32-34,42-43,45H,14,30-31H2,1-7H3,(H,50,51,54,55)/t34-,42-,43-,45-,47?,63?/m1/s1. The van der Waals surface area contributed by atoms with Gasteiger partial charge in [0.2, 0.25) is 0 Å². The van der Waals surface area contributed by atoms with Crippen LogP contribution in [-0.4, -0.2) is 83.6 Å². The third kappa shape index (κ3) is 9.28. The van der Waals surface area contributed by atoms with Crippen molar-refractivity contribution >= 4 is 20.3 Å². The lowest BCUT2D eigenvalue weighted by Gasteiger charge is -2.44. The van der Waals surface area contributed by atoms with E-state index in [1.165, 1.54) is 10.8 Å². The molecular formula is C48H54N5O9P. The van der Waals surface area contributed by atoms with E-state index >= 15 is 0 Å². The van der Waals surface area contributed by atoms with E-state index in [1.807, 2.05) is 91.9 Å². The van der Waals surface area contributed by atoms with Crippen LogP contribution in [0.2, 0.25) is 0 Å². The summed E-state index contributed by atoms with van der Waals surface area (Å²) < 4.78 is 49.7. The van der Waals surface area contributed by atoms with Crippen molar-refractivity contribution < 1.29 is 37.5 Å². The number of hydrogen-bond acceptors (Lipinski definition) is 12. The van der Waals surface area contributed by atoms with Crippen molar-refractivity contribution in [1.29, 1.82) is 5.26 Å². The second kappa shape index (κ2) is 19.9. The van der Waals surface area contributed by atoms with Gasteiger partial charge in [0.15, 0.2) is 6.23 Å². The van der Waals surface area contributed by atoms with E-state index in [0.29, 0.717) is 17.1 Å². The van der Waals surface area contributed by atoms with Crippen molar-refractivity contribution in [3.63, 3.8) is 0 Å². The van der Waals surface area contributed by atoms with Gasteiger partial charge >= 0.3 is 5.69 Å². The zero-order valence-electron chi connectivity index (χ0n) is 36.5. The Hall–Kier alpha value is -5.49. The Kier molecular flexibility index (Phi) is 14.4. The Bertz CT molecular complexity index is 2340. The van der Waals surface area contributed by atoms with Crippen molar-refractivity contribution in [1.82, 2.24) is 14.2 Å². The first-order valence-electron chi connectivity index (χ1n) is 21.0. The van der Waals surface area contributed by atoms with Crippen LogP contribution in [0.1, 0.15) is 74.3 Å². The lowest BCUT2D eigenvalue weighted by molar-refractivity contribution is -0.230. The van der Waals surface area contributed by atoms with Gasteiger partial charge < -0.3 is 38.0 Å². The van der Waals surface area contributed by atoms with Crippen molar-refractivity contribution in [2.45, 2.75) is 88.9 Å². The number of methoxy groups -OCH3 is 2. The largest absolute Gasteiger partial charge is 0.497 e. The van der Waals surface area contributed by atoms with Gasteiger partial charge in [-0.05, 0) is 93.8 Å². The van der Waals surface area contributed by atoms with Gasteiger partial charge in [-0.15, -0.1) is 0 Å². The molecule has 4 aromatic carbocycles. The highest BCUT2D eigenvalue weighted by Gasteiger charge is 2.68. The molecule has 0 saturated carbocycles. The van der Waals surface area contributed by atoms with E-state index in [4.69, 9.17) is 32.7 Å². The van der Waals surface area contributed by atoms with Crippen LogP contribution < -0.4 is 20.5 Å². The molecule has 15 heteroatoms. The predicted octanol–water partition coefficient (Wildman–Crippen LogP) is 8.24. The van der Waals surface area contributed by atoms with Crippen molar-refractivity contribution in [3.8, 4) is 17.6 Å². The van der Waals surface area contributed by atoms with Gasteiger partial charge in [0.25, 0.3) is 14.4 Å². The summed E-state index contributed by atoms with van der Waals surface area (Å²) in [5.74, 6) is 1.04. The molecule has 2 saturated heterocycles. The molecule has 63 heavy (non-hydrogen) atoms. The maximum Gasteiger partial charge on any atom is 0.351 e. The summed E-state index contributed by atoms with van der Waals surface area (Å²) in [6.45, 7) is 10.4. The summed E-state index contributed by atoms with van der Waals surface area (Å²) in [6.07, 6.45) is -1.82. The number of nitrogens with zero attached hydrogens (tertiary/aromatic N) is 4. The maximum atomic E-state index is 14.0. The monoisotopic (exact) mass is 875 g/mol. The highest BCUT2D eigenvalue weighted by molar-refractivity contribution is 7.44. The number of carbonyl (C=O) groups excluding carboxylic acids is 1. The zero-order valence-corrected chi connectivity index (χ0v) is 37.4. The quantitative estimate of drug-likeness (QED) is 0.0483. The van der Waals surface area contributed by atoms with Crippen LogP contribution in [0.3, 0.4) is 0 Å². The van der Waals surface area contributed by atoms with Gasteiger partial charge in [-0.2, -0.15) is 10.2 Å². The molecule has 7 rings (SSSR count). The number of amides is 1. The van der Waals surface area contributed by atoms with Crippen LogP contribution in [-0.2, 0) is 28.9 Å². The topological polar surface area (TPSA) is 156 Å². The predicted molar refractivity (Wildman–Crippen MR) is 238 cm³/mol. The van der Waals surface area contributed by atoms with Crippen molar-refractivity contribution in [2.75, 3.05) is 32.8 Å². The van der Waals surface area contributed by atoms with Gasteiger partial charge in [0, 0.05) is 23.8 Å². The number of aromatic nitrogens is 2. The highest BCUT2D eigenvalue weighted by Crippen LogP contribution is 2.57. The number of fused-ring (bicyclic) bond motifs is 2. The molecule has 2 aliphatic rings. The van der Waals surface area contributed by atoms with E-state index in [0.717, 1.165) is 16.7 Å². The summed E-state index contributed by atoms with van der Waals surface area (Å²) in [5, 5.41) is 12.2. The normalized spacial score (nSPS) is 20.4. The van der Waals surface area contributed by atoms with Gasteiger partial charge in [0.1, 0.15) is 40.7 Å². The third-order valence-electron chi connectivity index (χ3n) is 11.4. The number of carbonyl (C=O) groups is 1. The maximum absolute atomic E-state index is 14.0. The number of benzene rings is 4. The number of nitrogens with one attached hydrogen (secondary N) is 1. The molecule has 0 aliphatic carbocycles. The summed E-state index contributed by atoms with van der Waals surface area (Å²) in [7, 11) is 1.43. The molecule has 0 spiro atoms. The lowest BCUT2D eigenvalue weighted by atomic mass is 9.79. The molecule has 3 heterocycles. The number of anilines is 1. The number of hydrogen-bond donors (Lipinski definition) is 1. The molecule has 5 aromatic rings. The van der Waals surface area contributed by atoms with Gasteiger partial charge in [0.05, 0.1) is 46.0 Å². The summed E-state index contributed by atoms with van der Waals surface area (Å²) in [4.78, 5) is 31.2. The van der Waals surface area contributed by atoms with Crippen LogP contribution in [0.15, 0.2) is 126 Å². The van der Waals surface area contributed by atoms with Crippen molar-refractivity contribution in [3.05, 3.63) is 154 Å². The van der Waals surface area contributed by atoms with Crippen LogP contribution in [0, 0.1) is 11.3 Å². The van der Waals surface area contributed by atoms with Crippen LogP contribution >= 0.6 is 8.53 Å². The zero-order chi connectivity index (χ0) is 44.7. The molecular weight excluding hydrogens is 822 g/mol. The number of rotatable bonds is 19. The first kappa shape index (κ1) is 45.5. The molecule has 1 amide bonds. The minimum Gasteiger partial charge on any atom is -0.497 e. The van der Waals surface area contributed by atoms with Gasteiger partial charge in [-0.1, -0.05) is 72.8 Å². The van der Waals surface area contributed by atoms with Gasteiger partial charge in [-0.3, -0.25) is 9.36 Å². The molecule has 2 aliphatic heterocycles. The van der Waals surface area contributed by atoms with E-state index < -0.39 is 55.9 Å². The fraction of sp³-hybridized carbons (Fsp3) is 0.375. The van der Waals surface area contributed by atoms with Crippen LogP contribution in [0.5, 0.6) is 11.5 Å². The second-order valence-corrected chi connectivity index (χ2v) is 17.3. The van der Waals surface area contributed by atoms with Crippen LogP contribution in [0.4, 0.5) is 5.82 Å². The molecule has 14 nitrogen and oxygen atoms in total. The average Bonchev–Trinajstić information content (AvgIpc) is 3.81. The first-order chi connectivity index (χ1) is 30.4. The molecule has 1 aromatic heterocycles. The fourth-order valence-electron chi connectivity index (χ4n) is 8.35. The molecule has 2 bridgehead atoms. The van der Waals surface area contributed by atoms with Gasteiger partial charge in [-0.25, -0.2) is 9.46 Å². The van der Waals surface area contributed by atoms with E-state index in [-0.39, 0.29) is 37.5 Å². The summed E-state index contributed by atoms with van der Waals surface area (Å²) >= 11 is 0. The molecule has 2 unspecified atom stereocenters. The second-order valence-electron chi connectivity index (χ2n) is 15.9. The third-order valence-corrected chi connectivity index (χ3v) is 13.5. The molecule has 6 atom stereocenters. The Morgan fingerprint density at radius 1 is 0.889 bits per heavy atom. The van der Waals surface area contributed by atoms with Crippen molar-refractivity contribution in [2.24, 2.45) is 0 Å². The minimum absolute atomic E-state index is 0.000782. The first-order valence-corrected chi connectivity index (χ1v) is 22.1. The Labute approximate surface area is 369 Å². The SMILES string of the molecule is COc1ccc(C(O[C@H](C)C23CO[C@@H]([C@H](n4ccc(NC(=O)c5ccccc5)nc4=O)O2)[C@H]3OP(OCCC#N)N(C(C)C)C(C)C)(c2ccccc2)c2ccc(OC)cc2)cc1. The number of nitriles is 1. The highest BCUT2D eigenvalue weighted by atomic mass is 31.2. The lowest BCUT2D eigenvalue weighted by Crippen LogP contribution is -2.55. The molecule has 1 N–H and O–H groups in total. The molecule has 330 valence electrons. The van der Waals surface area contributed by atoms with E-state index in [1.54, 1.807) is 44.6 Å². The summed E-state index contributed by atoms with van der Waals surface area (Å²) in [6, 6.07) is 37.8. The smallest absolute Gasteiger partial charge is 0.351 e. The molecule has 2 fully saturated rings. The van der Waals surface area contributed by atoms with E-state index in [9.17, 15) is 14.9 Å². The minimum atomic E-state index is -1.82. The number of ether oxygens (including phenoxy) is 5. The Balaban J connectivity index is 1.34. The van der Waals surface area contributed by atoms with Crippen LogP contribution in [0.25, 0.3) is 0 Å². The average molecular weight is 876 g/mol. The Morgan fingerprint density at radius 2 is 1.46 bits per heavy atom.